The summed E-state index contributed by atoms with van der Waals surface area (Å²) >= 11 is 0. The zero-order chi connectivity index (χ0) is 12.3. The second-order valence-electron chi connectivity index (χ2n) is 4.93. The topological polar surface area (TPSA) is 24.5 Å². The van der Waals surface area contributed by atoms with Gasteiger partial charge in [0.2, 0.25) is 0 Å². The molecule has 1 heterocycles. The van der Waals surface area contributed by atoms with Crippen LogP contribution in [0, 0.1) is 5.92 Å². The van der Waals surface area contributed by atoms with Crippen molar-refractivity contribution in [2.24, 2.45) is 5.92 Å². The third-order valence-electron chi connectivity index (χ3n) is 3.49. The number of rotatable bonds is 3. The van der Waals surface area contributed by atoms with Crippen LogP contribution in [0.4, 0.5) is 5.69 Å². The molecule has 1 aliphatic rings. The number of methoxy groups -OCH3 is 1. The smallest absolute Gasteiger partial charge is 0.120 e. The third-order valence-corrected chi connectivity index (χ3v) is 3.49. The van der Waals surface area contributed by atoms with Crippen LogP contribution in [0.3, 0.4) is 0 Å². The molecule has 3 nitrogen and oxygen atoms in total. The first-order valence-corrected chi connectivity index (χ1v) is 6.29. The highest BCUT2D eigenvalue weighted by Gasteiger charge is 2.23. The number of benzene rings is 1. The number of anilines is 1. The molecule has 1 aromatic carbocycles. The fourth-order valence-electron chi connectivity index (χ4n) is 2.58. The zero-order valence-corrected chi connectivity index (χ0v) is 10.9. The lowest BCUT2D eigenvalue weighted by atomic mass is 9.95. The van der Waals surface area contributed by atoms with Crippen LogP contribution in [0.1, 0.15) is 13.3 Å². The number of likely N-dealkylation sites (N-methyl/N-ethyl adjacent to an activating group) is 1. The van der Waals surface area contributed by atoms with E-state index in [1.807, 2.05) is 13.1 Å². The molecule has 1 N–H and O–H groups in total. The standard InChI is InChI=1S/C14H22N2O/c1-11-7-12(15-2)10-16(9-11)13-5-4-6-14(8-13)17-3/h4-6,8,11-12,15H,7,9-10H2,1-3H3. The second-order valence-corrected chi connectivity index (χ2v) is 4.93. The molecule has 1 saturated heterocycles. The predicted octanol–water partition coefficient (Wildman–Crippen LogP) is 2.13. The maximum atomic E-state index is 5.28. The van der Waals surface area contributed by atoms with Gasteiger partial charge >= 0.3 is 0 Å². The molecule has 1 aliphatic heterocycles. The SMILES string of the molecule is CNC1CC(C)CN(c2cccc(OC)c2)C1. The summed E-state index contributed by atoms with van der Waals surface area (Å²) < 4.78 is 5.28. The molecular weight excluding hydrogens is 212 g/mol. The summed E-state index contributed by atoms with van der Waals surface area (Å²) in [6.07, 6.45) is 1.26. The zero-order valence-electron chi connectivity index (χ0n) is 10.9. The van der Waals surface area contributed by atoms with Crippen molar-refractivity contribution in [1.29, 1.82) is 0 Å². The van der Waals surface area contributed by atoms with Crippen LogP contribution >= 0.6 is 0 Å². The number of hydrogen-bond acceptors (Lipinski definition) is 3. The molecule has 94 valence electrons. The summed E-state index contributed by atoms with van der Waals surface area (Å²) in [6, 6.07) is 8.91. The number of nitrogens with zero attached hydrogens (tertiary/aromatic N) is 1. The van der Waals surface area contributed by atoms with Gasteiger partial charge in [0.1, 0.15) is 5.75 Å². The molecule has 0 amide bonds. The highest BCUT2D eigenvalue weighted by atomic mass is 16.5. The van der Waals surface area contributed by atoms with Gasteiger partial charge in [0, 0.05) is 30.9 Å². The van der Waals surface area contributed by atoms with E-state index >= 15 is 0 Å². The normalized spacial score (nSPS) is 24.8. The lowest BCUT2D eigenvalue weighted by molar-refractivity contribution is 0.365. The lowest BCUT2D eigenvalue weighted by Crippen LogP contribution is -2.47. The Balaban J connectivity index is 2.14. The fraction of sp³-hybridized carbons (Fsp3) is 0.571. The van der Waals surface area contributed by atoms with Crippen molar-refractivity contribution in [3.8, 4) is 5.75 Å². The van der Waals surface area contributed by atoms with Crippen molar-refractivity contribution in [1.82, 2.24) is 5.32 Å². The van der Waals surface area contributed by atoms with Crippen molar-refractivity contribution in [2.45, 2.75) is 19.4 Å². The van der Waals surface area contributed by atoms with Gasteiger partial charge in [-0.1, -0.05) is 13.0 Å². The van der Waals surface area contributed by atoms with Crippen molar-refractivity contribution in [2.75, 3.05) is 32.1 Å². The molecule has 1 aromatic rings. The molecule has 3 heteroatoms. The van der Waals surface area contributed by atoms with E-state index in [-0.39, 0.29) is 0 Å². The summed E-state index contributed by atoms with van der Waals surface area (Å²) in [5.74, 6) is 1.66. The number of piperidine rings is 1. The van der Waals surface area contributed by atoms with E-state index in [1.54, 1.807) is 7.11 Å². The van der Waals surface area contributed by atoms with Gasteiger partial charge in [-0.15, -0.1) is 0 Å². The first-order valence-electron chi connectivity index (χ1n) is 6.29. The monoisotopic (exact) mass is 234 g/mol. The summed E-state index contributed by atoms with van der Waals surface area (Å²) in [7, 11) is 3.76. The Labute approximate surface area is 104 Å². The van der Waals surface area contributed by atoms with E-state index in [9.17, 15) is 0 Å². The maximum absolute atomic E-state index is 5.28. The first kappa shape index (κ1) is 12.2. The van der Waals surface area contributed by atoms with E-state index in [0.29, 0.717) is 6.04 Å². The molecule has 0 aliphatic carbocycles. The van der Waals surface area contributed by atoms with Crippen LogP contribution in [0.15, 0.2) is 24.3 Å². The fourth-order valence-corrected chi connectivity index (χ4v) is 2.58. The van der Waals surface area contributed by atoms with Gasteiger partial charge < -0.3 is 15.0 Å². The summed E-state index contributed by atoms with van der Waals surface area (Å²) in [4.78, 5) is 2.44. The summed E-state index contributed by atoms with van der Waals surface area (Å²) in [5.41, 5.74) is 1.26. The van der Waals surface area contributed by atoms with Gasteiger partial charge in [-0.25, -0.2) is 0 Å². The molecule has 0 aromatic heterocycles. The molecular formula is C14H22N2O. The molecule has 1 fully saturated rings. The van der Waals surface area contributed by atoms with Gasteiger partial charge in [0.25, 0.3) is 0 Å². The Bertz CT molecular complexity index is 367. The van der Waals surface area contributed by atoms with Gasteiger partial charge in [0.05, 0.1) is 7.11 Å². The highest BCUT2D eigenvalue weighted by Crippen LogP contribution is 2.26. The largest absolute Gasteiger partial charge is 0.497 e. The minimum Gasteiger partial charge on any atom is -0.497 e. The highest BCUT2D eigenvalue weighted by molar-refractivity contribution is 5.51. The number of nitrogens with one attached hydrogen (secondary N) is 1. The number of hydrogen-bond donors (Lipinski definition) is 1. The van der Waals surface area contributed by atoms with Crippen molar-refractivity contribution >= 4 is 5.69 Å². The lowest BCUT2D eigenvalue weighted by Gasteiger charge is -2.38. The van der Waals surface area contributed by atoms with Crippen LogP contribution < -0.4 is 15.0 Å². The molecule has 17 heavy (non-hydrogen) atoms. The molecule has 0 saturated carbocycles. The number of ether oxygens (including phenoxy) is 1. The van der Waals surface area contributed by atoms with Gasteiger partial charge in [-0.3, -0.25) is 0 Å². The Kier molecular flexibility index (Phi) is 3.89. The van der Waals surface area contributed by atoms with Crippen molar-refractivity contribution in [3.63, 3.8) is 0 Å². The van der Waals surface area contributed by atoms with Crippen LogP contribution in [-0.2, 0) is 0 Å². The van der Waals surface area contributed by atoms with Crippen LogP contribution in [0.2, 0.25) is 0 Å². The van der Waals surface area contributed by atoms with Gasteiger partial charge in [0.15, 0.2) is 0 Å². The minimum atomic E-state index is 0.588. The van der Waals surface area contributed by atoms with Crippen LogP contribution in [0.25, 0.3) is 0 Å². The quantitative estimate of drug-likeness (QED) is 0.867. The maximum Gasteiger partial charge on any atom is 0.120 e. The third kappa shape index (κ3) is 2.91. The van der Waals surface area contributed by atoms with Crippen LogP contribution in [-0.4, -0.2) is 33.3 Å². The Hall–Kier alpha value is -1.22. The van der Waals surface area contributed by atoms with Gasteiger partial charge in [-0.05, 0) is 31.5 Å². The molecule has 2 rings (SSSR count). The van der Waals surface area contributed by atoms with Crippen LogP contribution in [0.5, 0.6) is 5.75 Å². The first-order chi connectivity index (χ1) is 8.22. The Morgan fingerprint density at radius 3 is 2.88 bits per heavy atom. The minimum absolute atomic E-state index is 0.588. The van der Waals surface area contributed by atoms with E-state index in [4.69, 9.17) is 4.74 Å². The van der Waals surface area contributed by atoms with E-state index in [1.165, 1.54) is 12.1 Å². The summed E-state index contributed by atoms with van der Waals surface area (Å²) in [5, 5.41) is 3.39. The van der Waals surface area contributed by atoms with Crippen molar-refractivity contribution in [3.05, 3.63) is 24.3 Å². The van der Waals surface area contributed by atoms with Crippen molar-refractivity contribution < 1.29 is 4.74 Å². The Morgan fingerprint density at radius 1 is 1.35 bits per heavy atom. The molecule has 2 atom stereocenters. The predicted molar refractivity (Wildman–Crippen MR) is 71.8 cm³/mol. The van der Waals surface area contributed by atoms with E-state index < -0.39 is 0 Å². The summed E-state index contributed by atoms with van der Waals surface area (Å²) in [6.45, 7) is 4.52. The molecule has 0 spiro atoms. The van der Waals surface area contributed by atoms with E-state index in [0.717, 1.165) is 24.8 Å². The molecule has 0 radical (unpaired) electrons. The molecule has 0 bridgehead atoms. The van der Waals surface area contributed by atoms with E-state index in [2.05, 4.69) is 35.3 Å². The Morgan fingerprint density at radius 2 is 2.18 bits per heavy atom. The average Bonchev–Trinajstić information content (AvgIpc) is 2.38. The molecule has 2 unspecified atom stereocenters. The average molecular weight is 234 g/mol. The van der Waals surface area contributed by atoms with Gasteiger partial charge in [-0.2, -0.15) is 0 Å². The second kappa shape index (κ2) is 5.41.